The van der Waals surface area contributed by atoms with Gasteiger partial charge in [-0.1, -0.05) is 98.2 Å². The van der Waals surface area contributed by atoms with Gasteiger partial charge in [0, 0.05) is 36.0 Å². The first-order valence-electron chi connectivity index (χ1n) is 25.9. The molecular formula is C58H62F4N6O5. The number of carbonyl (C=O) groups is 4. The monoisotopic (exact) mass is 998 g/mol. The highest BCUT2D eigenvalue weighted by atomic mass is 19.2. The lowest BCUT2D eigenvalue weighted by Crippen LogP contribution is -2.57. The highest BCUT2D eigenvalue weighted by Gasteiger charge is 2.54. The van der Waals surface area contributed by atoms with E-state index in [1.165, 1.54) is 12.1 Å². The molecule has 5 aromatic rings. The summed E-state index contributed by atoms with van der Waals surface area (Å²) in [7, 11) is 0. The molecule has 0 saturated heterocycles. The largest absolute Gasteiger partial charge is 0.389 e. The molecule has 2 unspecified atom stereocenters. The van der Waals surface area contributed by atoms with E-state index in [-0.39, 0.29) is 35.3 Å². The van der Waals surface area contributed by atoms with Gasteiger partial charge in [0.2, 0.25) is 11.8 Å². The first-order valence-corrected chi connectivity index (χ1v) is 25.9. The van der Waals surface area contributed by atoms with Crippen LogP contribution in [0.25, 0.3) is 0 Å². The second-order valence-corrected chi connectivity index (χ2v) is 21.1. The van der Waals surface area contributed by atoms with E-state index < -0.39 is 64.3 Å². The zero-order valence-corrected chi connectivity index (χ0v) is 41.2. The normalized spacial score (nSPS) is 20.9. The number of fused-ring (bicyclic) bond motifs is 2. The van der Waals surface area contributed by atoms with Crippen LogP contribution in [0.3, 0.4) is 0 Å². The minimum atomic E-state index is -1.25. The van der Waals surface area contributed by atoms with Crippen molar-refractivity contribution < 1.29 is 41.5 Å². The van der Waals surface area contributed by atoms with Gasteiger partial charge in [-0.15, -0.1) is 0 Å². The maximum Gasteiger partial charge on any atom is 0.345 e. The minimum absolute atomic E-state index is 0.0391. The fraction of sp³-hybridized carbons (Fsp3) is 0.414. The number of carbonyl (C=O) groups excluding carboxylic acids is 4. The topological polar surface area (TPSA) is 150 Å². The maximum atomic E-state index is 14.8. The molecule has 0 bridgehead atoms. The molecule has 3 aliphatic carbocycles. The van der Waals surface area contributed by atoms with Crippen LogP contribution in [0, 0.1) is 66.7 Å². The molecule has 5 aromatic carbocycles. The van der Waals surface area contributed by atoms with Crippen molar-refractivity contribution in [1.29, 1.82) is 0 Å². The van der Waals surface area contributed by atoms with Gasteiger partial charge in [-0.05, 0) is 112 Å². The molecule has 15 heteroatoms. The summed E-state index contributed by atoms with van der Waals surface area (Å²) in [5.41, 5.74) is 3.05. The number of anilines is 5. The minimum Gasteiger partial charge on any atom is -0.389 e. The quantitative estimate of drug-likeness (QED) is 0.0408. The van der Waals surface area contributed by atoms with Crippen molar-refractivity contribution in [2.75, 3.05) is 26.6 Å². The zero-order valence-electron chi connectivity index (χ0n) is 41.2. The van der Waals surface area contributed by atoms with Gasteiger partial charge in [0.25, 0.3) is 0 Å². The maximum absolute atomic E-state index is 14.8. The van der Waals surface area contributed by atoms with Crippen molar-refractivity contribution in [3.05, 3.63) is 148 Å². The molecule has 0 aromatic heterocycles. The van der Waals surface area contributed by atoms with Crippen LogP contribution in [0.2, 0.25) is 0 Å². The average Bonchev–Trinajstić information content (AvgIpc) is 3.94. The van der Waals surface area contributed by atoms with Crippen molar-refractivity contribution in [2.24, 2.45) is 29.6 Å². The summed E-state index contributed by atoms with van der Waals surface area (Å²) in [6, 6.07) is 25.9. The van der Waals surface area contributed by atoms with Crippen molar-refractivity contribution in [3.8, 4) is 0 Å². The Labute approximate surface area is 423 Å². The molecule has 5 aliphatic rings. The molecule has 73 heavy (non-hydrogen) atoms. The van der Waals surface area contributed by atoms with Gasteiger partial charge >= 0.3 is 11.9 Å². The van der Waals surface area contributed by atoms with Gasteiger partial charge in [-0.25, -0.2) is 22.4 Å². The molecule has 11 nitrogen and oxygen atoms in total. The second kappa shape index (κ2) is 20.5. The first kappa shape index (κ1) is 49.7. The summed E-state index contributed by atoms with van der Waals surface area (Å²) in [6.45, 7) is 3.93. The van der Waals surface area contributed by atoms with E-state index in [1.54, 1.807) is 12.1 Å². The number of nitrogens with one attached hydrogen (secondary N) is 6. The number of hydrogen-bond donors (Lipinski definition) is 6. The van der Waals surface area contributed by atoms with Crippen LogP contribution in [0.4, 0.5) is 46.0 Å². The Morgan fingerprint density at radius 3 is 1.33 bits per heavy atom. The van der Waals surface area contributed by atoms with E-state index in [4.69, 9.17) is 4.74 Å². The number of hydrogen-bond acceptors (Lipinski definition) is 9. The Balaban J connectivity index is 0.794. The summed E-state index contributed by atoms with van der Waals surface area (Å²) in [5, 5.41) is 20.1. The molecule has 6 N–H and O–H groups in total. The van der Waals surface area contributed by atoms with E-state index >= 15 is 0 Å². The predicted molar refractivity (Wildman–Crippen MR) is 272 cm³/mol. The van der Waals surface area contributed by atoms with Crippen LogP contribution < -0.4 is 31.9 Å². The molecule has 2 aliphatic heterocycles. The van der Waals surface area contributed by atoms with Crippen molar-refractivity contribution >= 4 is 52.2 Å². The van der Waals surface area contributed by atoms with E-state index in [0.29, 0.717) is 54.1 Å². The number of benzene rings is 5. The molecule has 3 saturated carbocycles. The number of amides is 2. The highest BCUT2D eigenvalue weighted by molar-refractivity contribution is 5.99. The Morgan fingerprint density at radius 1 is 0.521 bits per heavy atom. The lowest BCUT2D eigenvalue weighted by molar-refractivity contribution is -0.143. The van der Waals surface area contributed by atoms with Gasteiger partial charge in [0.1, 0.15) is 11.3 Å². The van der Waals surface area contributed by atoms with Gasteiger partial charge in [0.05, 0.1) is 46.1 Å². The summed E-state index contributed by atoms with van der Waals surface area (Å²) >= 11 is 0. The van der Waals surface area contributed by atoms with Crippen LogP contribution >= 0.6 is 0 Å². The Hall–Kier alpha value is -6.90. The number of esters is 2. The summed E-state index contributed by atoms with van der Waals surface area (Å²) < 4.78 is 63.9. The van der Waals surface area contributed by atoms with Crippen molar-refractivity contribution in [3.63, 3.8) is 0 Å². The molecule has 3 fully saturated rings. The fourth-order valence-electron chi connectivity index (χ4n) is 12.4. The lowest BCUT2D eigenvalue weighted by Gasteiger charge is -2.44. The van der Waals surface area contributed by atoms with Crippen molar-refractivity contribution in [2.45, 2.75) is 121 Å². The smallest absolute Gasteiger partial charge is 0.345 e. The molecule has 10 rings (SSSR count). The third-order valence-corrected chi connectivity index (χ3v) is 16.2. The SMILES string of the molecule is Cc1ccc(C2(C(C(=O)Nc3ccc(C(=O)OC(=O)C4CCC(NC(=O)C(C5CCCCC5)C5(c6ccc(C)cc6)Nc6cc(F)c(F)cc6N5)CC4)cc3)C3CCCCC3)Nc3cc(F)c(F)cc3N2)cc1. The van der Waals surface area contributed by atoms with E-state index in [9.17, 15) is 36.7 Å². The third kappa shape index (κ3) is 9.99. The summed E-state index contributed by atoms with van der Waals surface area (Å²) in [6.07, 6.45) is 10.8. The molecular weight excluding hydrogens is 937 g/mol. The number of rotatable bonds is 12. The standard InChI is InChI=1S/C58H62F4N6O5/c1-33-13-21-39(22-14-33)57(65-47-29-43(59)44(60)30-48(47)66-57)51(35-9-5-3-6-10-35)53(69)63-41-25-17-37(18-26-41)55(71)73-56(72)38-19-27-42(28-20-38)64-54(70)52(36-11-7-4-8-12-36)58(40-23-15-34(2)16-24-40)67-49-31-45(61)46(62)32-50(49)68-58/h13-18,21-26,29-32,35-36,38,42,51-52,65-68H,3-12,19-20,27-28H2,1-2H3,(H,63,69)(H,64,70). The molecule has 382 valence electrons. The van der Waals surface area contributed by atoms with Crippen LogP contribution in [-0.2, 0) is 30.4 Å². The third-order valence-electron chi connectivity index (χ3n) is 16.2. The fourth-order valence-corrected chi connectivity index (χ4v) is 12.4. The van der Waals surface area contributed by atoms with Gasteiger partial charge < -0.3 is 36.6 Å². The average molecular weight is 999 g/mol. The Bertz CT molecular complexity index is 2820. The van der Waals surface area contributed by atoms with Gasteiger partial charge in [-0.3, -0.25) is 14.4 Å². The Kier molecular flexibility index (Phi) is 14.0. The van der Waals surface area contributed by atoms with E-state index in [0.717, 1.165) is 111 Å². The number of ether oxygens (including phenoxy) is 1. The van der Waals surface area contributed by atoms with Crippen molar-refractivity contribution in [1.82, 2.24) is 5.32 Å². The van der Waals surface area contributed by atoms with Crippen LogP contribution in [0.15, 0.2) is 97.1 Å². The van der Waals surface area contributed by atoms with Crippen LogP contribution in [0.5, 0.6) is 0 Å². The molecule has 2 amide bonds. The lowest BCUT2D eigenvalue weighted by atomic mass is 9.71. The molecule has 0 radical (unpaired) electrons. The Morgan fingerprint density at radius 2 is 0.918 bits per heavy atom. The van der Waals surface area contributed by atoms with E-state index in [1.807, 2.05) is 62.4 Å². The predicted octanol–water partition coefficient (Wildman–Crippen LogP) is 12.3. The highest BCUT2D eigenvalue weighted by Crippen LogP contribution is 2.51. The van der Waals surface area contributed by atoms with E-state index in [2.05, 4.69) is 31.9 Å². The zero-order chi connectivity index (χ0) is 51.0. The molecule has 0 spiro atoms. The number of halogens is 4. The van der Waals surface area contributed by atoms with Gasteiger partial charge in [0.15, 0.2) is 23.3 Å². The summed E-state index contributed by atoms with van der Waals surface area (Å²) in [5.74, 6) is -8.09. The van der Waals surface area contributed by atoms with Crippen LogP contribution in [0.1, 0.15) is 123 Å². The first-order chi connectivity index (χ1) is 35.2. The number of aryl methyl sites for hydroxylation is 2. The molecule has 2 heterocycles. The van der Waals surface area contributed by atoms with Gasteiger partial charge in [-0.2, -0.15) is 0 Å². The second-order valence-electron chi connectivity index (χ2n) is 21.1. The van der Waals surface area contributed by atoms with Crippen LogP contribution in [-0.4, -0.2) is 29.8 Å². The molecule has 2 atom stereocenters. The summed E-state index contributed by atoms with van der Waals surface area (Å²) in [4.78, 5) is 56.5.